The zero-order valence-corrected chi connectivity index (χ0v) is 5.97. The third-order valence-electron chi connectivity index (χ3n) is 1.76. The average molecular weight is 129 g/mol. The first kappa shape index (κ1) is 7.03. The van der Waals surface area contributed by atoms with Crippen LogP contribution in [0.15, 0.2) is 0 Å². The number of rotatable bonds is 0. The Kier molecular flexibility index (Phi) is 2.49. The molecule has 2 N–H and O–H groups in total. The molecule has 2 unspecified atom stereocenters. The van der Waals surface area contributed by atoms with Gasteiger partial charge in [0.25, 0.3) is 0 Å². The van der Waals surface area contributed by atoms with Crippen LogP contribution < -0.4 is 5.73 Å². The molecule has 0 spiro atoms. The van der Waals surface area contributed by atoms with Crippen molar-refractivity contribution in [1.29, 1.82) is 0 Å². The molecular weight excluding hydrogens is 114 g/mol. The topological polar surface area (TPSA) is 35.2 Å². The van der Waals surface area contributed by atoms with Crippen LogP contribution in [0.4, 0.5) is 0 Å². The highest BCUT2D eigenvalue weighted by Crippen LogP contribution is 2.10. The van der Waals surface area contributed by atoms with Crippen LogP contribution in [0, 0.1) is 0 Å². The van der Waals surface area contributed by atoms with Crippen LogP contribution in [-0.4, -0.2) is 18.8 Å². The van der Waals surface area contributed by atoms with E-state index in [1.54, 1.807) is 0 Å². The molecule has 1 rings (SSSR count). The van der Waals surface area contributed by atoms with E-state index in [1.807, 2.05) is 0 Å². The highest BCUT2D eigenvalue weighted by atomic mass is 16.5. The maximum absolute atomic E-state index is 5.75. The van der Waals surface area contributed by atoms with Gasteiger partial charge in [-0.05, 0) is 26.2 Å². The normalized spacial score (nSPS) is 38.0. The minimum absolute atomic E-state index is 0.377. The Morgan fingerprint density at radius 1 is 1.56 bits per heavy atom. The summed E-state index contributed by atoms with van der Waals surface area (Å²) in [7, 11) is 0. The van der Waals surface area contributed by atoms with E-state index in [2.05, 4.69) is 6.92 Å². The third kappa shape index (κ3) is 2.33. The van der Waals surface area contributed by atoms with Gasteiger partial charge < -0.3 is 10.5 Å². The fourth-order valence-corrected chi connectivity index (χ4v) is 1.24. The molecule has 0 radical (unpaired) electrons. The molecule has 0 aromatic rings. The Bertz CT molecular complexity index is 75.0. The van der Waals surface area contributed by atoms with Crippen molar-refractivity contribution in [2.24, 2.45) is 5.73 Å². The molecule has 2 heteroatoms. The van der Waals surface area contributed by atoms with Gasteiger partial charge in [-0.25, -0.2) is 0 Å². The fourth-order valence-electron chi connectivity index (χ4n) is 1.24. The van der Waals surface area contributed by atoms with Crippen molar-refractivity contribution in [1.82, 2.24) is 0 Å². The maximum atomic E-state index is 5.75. The van der Waals surface area contributed by atoms with Gasteiger partial charge in [0.05, 0.1) is 6.10 Å². The van der Waals surface area contributed by atoms with Crippen LogP contribution in [-0.2, 0) is 4.74 Å². The number of nitrogens with two attached hydrogens (primary N) is 1. The first-order valence-electron chi connectivity index (χ1n) is 3.66. The first-order valence-corrected chi connectivity index (χ1v) is 3.66. The van der Waals surface area contributed by atoms with Crippen molar-refractivity contribution in [3.8, 4) is 0 Å². The van der Waals surface area contributed by atoms with Crippen LogP contribution in [0.3, 0.4) is 0 Å². The van der Waals surface area contributed by atoms with E-state index in [9.17, 15) is 0 Å². The minimum Gasteiger partial charge on any atom is -0.378 e. The summed E-state index contributed by atoms with van der Waals surface area (Å²) in [6, 6.07) is 0.377. The molecule has 9 heavy (non-hydrogen) atoms. The van der Waals surface area contributed by atoms with Crippen LogP contribution >= 0.6 is 0 Å². The van der Waals surface area contributed by atoms with Crippen molar-refractivity contribution < 1.29 is 4.74 Å². The van der Waals surface area contributed by atoms with Crippen molar-refractivity contribution in [2.45, 2.75) is 38.3 Å². The quantitative estimate of drug-likeness (QED) is 0.527. The van der Waals surface area contributed by atoms with Gasteiger partial charge in [0.1, 0.15) is 0 Å². The van der Waals surface area contributed by atoms with E-state index in [0.29, 0.717) is 12.1 Å². The van der Waals surface area contributed by atoms with Crippen LogP contribution in [0.5, 0.6) is 0 Å². The molecule has 1 heterocycles. The predicted molar refractivity (Wildman–Crippen MR) is 37.2 cm³/mol. The summed E-state index contributed by atoms with van der Waals surface area (Å²) in [5.74, 6) is 0. The fraction of sp³-hybridized carbons (Fsp3) is 1.00. The lowest BCUT2D eigenvalue weighted by Crippen LogP contribution is -2.22. The molecule has 0 amide bonds. The lowest BCUT2D eigenvalue weighted by molar-refractivity contribution is 0.0708. The summed E-state index contributed by atoms with van der Waals surface area (Å²) < 4.78 is 5.39. The van der Waals surface area contributed by atoms with Crippen molar-refractivity contribution in [3.05, 3.63) is 0 Å². The van der Waals surface area contributed by atoms with Gasteiger partial charge in [0, 0.05) is 12.6 Å². The Morgan fingerprint density at radius 2 is 2.33 bits per heavy atom. The van der Waals surface area contributed by atoms with E-state index in [0.717, 1.165) is 25.9 Å². The molecule has 0 aliphatic carbocycles. The van der Waals surface area contributed by atoms with Gasteiger partial charge in [-0.15, -0.1) is 0 Å². The lowest BCUT2D eigenvalue weighted by Gasteiger charge is -2.10. The summed E-state index contributed by atoms with van der Waals surface area (Å²) in [5.41, 5.74) is 5.75. The van der Waals surface area contributed by atoms with Crippen LogP contribution in [0.1, 0.15) is 26.2 Å². The average Bonchev–Trinajstić information content (AvgIpc) is 1.93. The second kappa shape index (κ2) is 3.18. The van der Waals surface area contributed by atoms with E-state index >= 15 is 0 Å². The van der Waals surface area contributed by atoms with Crippen molar-refractivity contribution in [3.63, 3.8) is 0 Å². The van der Waals surface area contributed by atoms with Gasteiger partial charge in [0.2, 0.25) is 0 Å². The summed E-state index contributed by atoms with van der Waals surface area (Å²) >= 11 is 0. The van der Waals surface area contributed by atoms with E-state index in [1.165, 1.54) is 0 Å². The smallest absolute Gasteiger partial charge is 0.0561 e. The van der Waals surface area contributed by atoms with E-state index < -0.39 is 0 Å². The molecule has 2 nitrogen and oxygen atoms in total. The molecule has 1 fully saturated rings. The Hall–Kier alpha value is -0.0800. The van der Waals surface area contributed by atoms with Gasteiger partial charge >= 0.3 is 0 Å². The molecule has 1 aliphatic heterocycles. The molecule has 1 aliphatic rings. The molecule has 0 aromatic carbocycles. The molecule has 54 valence electrons. The van der Waals surface area contributed by atoms with E-state index in [-0.39, 0.29) is 0 Å². The Morgan fingerprint density at radius 3 is 3.11 bits per heavy atom. The Labute approximate surface area is 56.4 Å². The second-order valence-corrected chi connectivity index (χ2v) is 2.82. The van der Waals surface area contributed by atoms with Gasteiger partial charge in [0.15, 0.2) is 0 Å². The van der Waals surface area contributed by atoms with Crippen LogP contribution in [0.2, 0.25) is 0 Å². The third-order valence-corrected chi connectivity index (χ3v) is 1.76. The molecule has 1 saturated heterocycles. The van der Waals surface area contributed by atoms with Gasteiger partial charge in [-0.2, -0.15) is 0 Å². The van der Waals surface area contributed by atoms with Crippen molar-refractivity contribution >= 4 is 0 Å². The first-order chi connectivity index (χ1) is 4.29. The monoisotopic (exact) mass is 129 g/mol. The number of hydrogen-bond acceptors (Lipinski definition) is 2. The SMILES string of the molecule is CC1CC(N)CCCO1. The van der Waals surface area contributed by atoms with Crippen molar-refractivity contribution in [2.75, 3.05) is 6.61 Å². The summed E-state index contributed by atoms with van der Waals surface area (Å²) in [4.78, 5) is 0. The molecule has 0 saturated carbocycles. The van der Waals surface area contributed by atoms with Gasteiger partial charge in [-0.1, -0.05) is 0 Å². The zero-order chi connectivity index (χ0) is 6.69. The summed E-state index contributed by atoms with van der Waals surface area (Å²) in [5, 5.41) is 0. The molecule has 0 bridgehead atoms. The number of hydrogen-bond donors (Lipinski definition) is 1. The zero-order valence-electron chi connectivity index (χ0n) is 5.97. The largest absolute Gasteiger partial charge is 0.378 e. The lowest BCUT2D eigenvalue weighted by atomic mass is 10.1. The Balaban J connectivity index is 2.29. The number of ether oxygens (including phenoxy) is 1. The van der Waals surface area contributed by atoms with E-state index in [4.69, 9.17) is 10.5 Å². The van der Waals surface area contributed by atoms with Crippen LogP contribution in [0.25, 0.3) is 0 Å². The highest BCUT2D eigenvalue weighted by molar-refractivity contribution is 4.68. The molecular formula is C7H15NO. The molecule has 2 atom stereocenters. The second-order valence-electron chi connectivity index (χ2n) is 2.82. The maximum Gasteiger partial charge on any atom is 0.0561 e. The predicted octanol–water partition coefficient (Wildman–Crippen LogP) is 0.903. The minimum atomic E-state index is 0.377. The molecule has 0 aromatic heterocycles. The van der Waals surface area contributed by atoms with Gasteiger partial charge in [-0.3, -0.25) is 0 Å². The summed E-state index contributed by atoms with van der Waals surface area (Å²) in [6.07, 6.45) is 3.66. The highest BCUT2D eigenvalue weighted by Gasteiger charge is 2.12. The standard InChI is InChI=1S/C7H15NO/c1-6-5-7(8)3-2-4-9-6/h6-7H,2-5,8H2,1H3. The summed E-state index contributed by atoms with van der Waals surface area (Å²) in [6.45, 7) is 2.99.